The van der Waals surface area contributed by atoms with Crippen LogP contribution < -0.4 is 5.32 Å². The predicted octanol–water partition coefficient (Wildman–Crippen LogP) is 1.63. The second-order valence-electron chi connectivity index (χ2n) is 5.58. The van der Waals surface area contributed by atoms with Gasteiger partial charge in [0.2, 0.25) is 0 Å². The van der Waals surface area contributed by atoms with Crippen molar-refractivity contribution in [1.29, 1.82) is 0 Å². The first kappa shape index (κ1) is 12.2. The van der Waals surface area contributed by atoms with E-state index in [1.54, 1.807) is 0 Å². The third kappa shape index (κ3) is 2.18. The van der Waals surface area contributed by atoms with Crippen molar-refractivity contribution in [3.8, 4) is 0 Å². The van der Waals surface area contributed by atoms with E-state index in [2.05, 4.69) is 35.3 Å². The van der Waals surface area contributed by atoms with Crippen LogP contribution >= 0.6 is 0 Å². The molecule has 2 fully saturated rings. The minimum absolute atomic E-state index is 0.396. The first-order valence-electron chi connectivity index (χ1n) is 6.97. The molecule has 1 aromatic carbocycles. The Hall–Kier alpha value is -0.900. The average molecular weight is 246 g/mol. The highest BCUT2D eigenvalue weighted by molar-refractivity contribution is 5.37. The average Bonchev–Trinajstić information content (AvgIpc) is 3.18. The Kier molecular flexibility index (Phi) is 3.14. The molecule has 1 saturated heterocycles. The Morgan fingerprint density at radius 2 is 1.89 bits per heavy atom. The van der Waals surface area contributed by atoms with Crippen molar-refractivity contribution in [2.75, 3.05) is 26.2 Å². The molecule has 1 atom stereocenters. The van der Waals surface area contributed by atoms with E-state index in [-0.39, 0.29) is 0 Å². The summed E-state index contributed by atoms with van der Waals surface area (Å²) >= 11 is 0. The second kappa shape index (κ2) is 4.65. The maximum Gasteiger partial charge on any atom is 0.0902 e. The zero-order chi connectivity index (χ0) is 12.6. The van der Waals surface area contributed by atoms with E-state index < -0.39 is 5.60 Å². The summed E-state index contributed by atoms with van der Waals surface area (Å²) in [6.07, 6.45) is 1.83. The Morgan fingerprint density at radius 1 is 1.22 bits per heavy atom. The topological polar surface area (TPSA) is 35.5 Å². The van der Waals surface area contributed by atoms with Gasteiger partial charge in [0.25, 0.3) is 0 Å². The van der Waals surface area contributed by atoms with Crippen molar-refractivity contribution in [2.24, 2.45) is 0 Å². The fraction of sp³-hybridized carbons (Fsp3) is 0.600. The van der Waals surface area contributed by atoms with Crippen molar-refractivity contribution in [3.05, 3.63) is 35.4 Å². The number of hydrogen-bond donors (Lipinski definition) is 2. The fourth-order valence-corrected chi connectivity index (χ4v) is 2.94. The van der Waals surface area contributed by atoms with E-state index in [9.17, 15) is 5.11 Å². The molecule has 1 aromatic rings. The van der Waals surface area contributed by atoms with Crippen LogP contribution in [0, 0.1) is 0 Å². The van der Waals surface area contributed by atoms with Gasteiger partial charge in [0.1, 0.15) is 0 Å². The van der Waals surface area contributed by atoms with Crippen molar-refractivity contribution in [1.82, 2.24) is 10.2 Å². The SMILES string of the molecule is CC(c1ccccc1C1(O)CC1)N1CCNCC1. The summed E-state index contributed by atoms with van der Waals surface area (Å²) in [6, 6.07) is 8.80. The van der Waals surface area contributed by atoms with Crippen LogP contribution in [0.3, 0.4) is 0 Å². The maximum atomic E-state index is 10.4. The second-order valence-corrected chi connectivity index (χ2v) is 5.58. The van der Waals surface area contributed by atoms with Gasteiger partial charge in [0, 0.05) is 32.2 Å². The Balaban J connectivity index is 1.86. The summed E-state index contributed by atoms with van der Waals surface area (Å²) in [5.41, 5.74) is 1.93. The summed E-state index contributed by atoms with van der Waals surface area (Å²) in [5.74, 6) is 0. The largest absolute Gasteiger partial charge is 0.385 e. The van der Waals surface area contributed by atoms with E-state index in [1.165, 1.54) is 5.56 Å². The summed E-state index contributed by atoms with van der Waals surface area (Å²) in [7, 11) is 0. The number of piperazine rings is 1. The summed E-state index contributed by atoms with van der Waals surface area (Å²) in [5, 5.41) is 13.8. The third-order valence-electron chi connectivity index (χ3n) is 4.34. The highest BCUT2D eigenvalue weighted by Crippen LogP contribution is 2.47. The van der Waals surface area contributed by atoms with Crippen LogP contribution in [0.1, 0.15) is 36.9 Å². The number of benzene rings is 1. The number of aliphatic hydroxyl groups is 1. The molecule has 1 saturated carbocycles. The van der Waals surface area contributed by atoms with Crippen LogP contribution in [0.4, 0.5) is 0 Å². The van der Waals surface area contributed by atoms with Gasteiger partial charge in [-0.3, -0.25) is 4.90 Å². The molecule has 3 heteroatoms. The fourth-order valence-electron chi connectivity index (χ4n) is 2.94. The summed E-state index contributed by atoms with van der Waals surface area (Å²) in [6.45, 7) is 6.57. The minimum Gasteiger partial charge on any atom is -0.385 e. The number of rotatable bonds is 3. The molecule has 0 radical (unpaired) electrons. The lowest BCUT2D eigenvalue weighted by molar-refractivity contribution is 0.142. The Morgan fingerprint density at radius 3 is 2.56 bits per heavy atom. The van der Waals surface area contributed by atoms with Crippen LogP contribution in [0.5, 0.6) is 0 Å². The van der Waals surface area contributed by atoms with Gasteiger partial charge in [-0.25, -0.2) is 0 Å². The predicted molar refractivity (Wildman–Crippen MR) is 72.4 cm³/mol. The summed E-state index contributed by atoms with van der Waals surface area (Å²) < 4.78 is 0. The number of nitrogens with zero attached hydrogens (tertiary/aromatic N) is 1. The quantitative estimate of drug-likeness (QED) is 0.851. The molecule has 1 aliphatic carbocycles. The lowest BCUT2D eigenvalue weighted by Crippen LogP contribution is -2.44. The van der Waals surface area contributed by atoms with Crippen molar-refractivity contribution in [3.63, 3.8) is 0 Å². The van der Waals surface area contributed by atoms with Gasteiger partial charge in [0.15, 0.2) is 0 Å². The Bertz CT molecular complexity index is 422. The Labute approximate surface area is 109 Å². The smallest absolute Gasteiger partial charge is 0.0902 e. The monoisotopic (exact) mass is 246 g/mol. The molecule has 3 nitrogen and oxygen atoms in total. The van der Waals surface area contributed by atoms with Crippen LogP contribution in [0.15, 0.2) is 24.3 Å². The molecular formula is C15H22N2O. The van der Waals surface area contributed by atoms with Gasteiger partial charge in [-0.15, -0.1) is 0 Å². The van der Waals surface area contributed by atoms with Crippen LogP contribution in [0.2, 0.25) is 0 Å². The lowest BCUT2D eigenvalue weighted by atomic mass is 9.95. The standard InChI is InChI=1S/C15H22N2O/c1-12(17-10-8-16-9-11-17)13-4-2-3-5-14(13)15(18)6-7-15/h2-5,12,16,18H,6-11H2,1H3. The number of hydrogen-bond acceptors (Lipinski definition) is 3. The first-order chi connectivity index (χ1) is 8.71. The molecule has 0 spiro atoms. The van der Waals surface area contributed by atoms with Gasteiger partial charge < -0.3 is 10.4 Å². The van der Waals surface area contributed by atoms with Crippen molar-refractivity contribution >= 4 is 0 Å². The van der Waals surface area contributed by atoms with Crippen molar-refractivity contribution in [2.45, 2.75) is 31.4 Å². The van der Waals surface area contributed by atoms with Crippen LogP contribution in [-0.4, -0.2) is 36.2 Å². The zero-order valence-electron chi connectivity index (χ0n) is 11.0. The molecule has 0 aromatic heterocycles. The number of nitrogens with one attached hydrogen (secondary N) is 1. The zero-order valence-corrected chi connectivity index (χ0v) is 11.0. The molecule has 2 N–H and O–H groups in total. The molecule has 98 valence electrons. The highest BCUT2D eigenvalue weighted by Gasteiger charge is 2.44. The lowest BCUT2D eigenvalue weighted by Gasteiger charge is -2.34. The molecule has 0 bridgehead atoms. The maximum absolute atomic E-state index is 10.4. The molecule has 18 heavy (non-hydrogen) atoms. The minimum atomic E-state index is -0.529. The van der Waals surface area contributed by atoms with E-state index >= 15 is 0 Å². The van der Waals surface area contributed by atoms with Gasteiger partial charge >= 0.3 is 0 Å². The van der Waals surface area contributed by atoms with Crippen LogP contribution in [0.25, 0.3) is 0 Å². The molecule has 0 amide bonds. The van der Waals surface area contributed by atoms with Gasteiger partial charge in [-0.1, -0.05) is 24.3 Å². The van der Waals surface area contributed by atoms with Gasteiger partial charge in [-0.05, 0) is 30.9 Å². The highest BCUT2D eigenvalue weighted by atomic mass is 16.3. The molecular weight excluding hydrogens is 224 g/mol. The molecule has 2 aliphatic rings. The van der Waals surface area contributed by atoms with Crippen molar-refractivity contribution < 1.29 is 5.11 Å². The van der Waals surface area contributed by atoms with E-state index in [0.29, 0.717) is 6.04 Å². The van der Waals surface area contributed by atoms with Gasteiger partial charge in [-0.2, -0.15) is 0 Å². The summed E-state index contributed by atoms with van der Waals surface area (Å²) in [4.78, 5) is 2.50. The molecule has 3 rings (SSSR count). The van der Waals surface area contributed by atoms with Gasteiger partial charge in [0.05, 0.1) is 5.60 Å². The molecule has 1 aliphatic heterocycles. The molecule has 1 heterocycles. The van der Waals surface area contributed by atoms with E-state index in [0.717, 1.165) is 44.6 Å². The first-order valence-corrected chi connectivity index (χ1v) is 6.97. The normalized spacial score (nSPS) is 24.8. The van der Waals surface area contributed by atoms with E-state index in [4.69, 9.17) is 0 Å². The molecule has 1 unspecified atom stereocenters. The van der Waals surface area contributed by atoms with E-state index in [1.807, 2.05) is 6.07 Å². The van der Waals surface area contributed by atoms with Crippen LogP contribution in [-0.2, 0) is 5.60 Å². The third-order valence-corrected chi connectivity index (χ3v) is 4.34.